The van der Waals surface area contributed by atoms with Gasteiger partial charge in [-0.25, -0.2) is 8.42 Å². The average molecular weight is 401 g/mol. The maximum absolute atomic E-state index is 12.8. The summed E-state index contributed by atoms with van der Waals surface area (Å²) in [5, 5.41) is 3.03. The van der Waals surface area contributed by atoms with Gasteiger partial charge in [0.05, 0.1) is 4.90 Å². The molecule has 3 aromatic rings. The highest BCUT2D eigenvalue weighted by molar-refractivity contribution is 7.89. The monoisotopic (exact) mass is 400 g/mol. The molecule has 4 rings (SSSR count). The van der Waals surface area contributed by atoms with E-state index >= 15 is 0 Å². The minimum absolute atomic E-state index is 0.300. The average Bonchev–Trinajstić information content (AvgIpc) is 2.69. The van der Waals surface area contributed by atoms with E-state index in [0.29, 0.717) is 23.0 Å². The van der Waals surface area contributed by atoms with E-state index in [1.54, 1.807) is 28.6 Å². The minimum atomic E-state index is -3.46. The van der Waals surface area contributed by atoms with Crippen LogP contribution < -0.4 is 0 Å². The molecule has 0 bridgehead atoms. The van der Waals surface area contributed by atoms with Crippen LogP contribution in [0, 0.1) is 0 Å². The van der Waals surface area contributed by atoms with Crippen LogP contribution in [-0.4, -0.2) is 43.8 Å². The maximum atomic E-state index is 12.8. The number of sulfonamides is 1. The normalized spacial score (nSPS) is 16.6. The zero-order valence-corrected chi connectivity index (χ0v) is 16.5. The Morgan fingerprint density at radius 2 is 1.48 bits per heavy atom. The van der Waals surface area contributed by atoms with Crippen LogP contribution in [0.4, 0.5) is 0 Å². The summed E-state index contributed by atoms with van der Waals surface area (Å²) < 4.78 is 27.2. The molecular formula is C21H21ClN2O2S. The van der Waals surface area contributed by atoms with Crippen molar-refractivity contribution in [2.75, 3.05) is 26.2 Å². The Morgan fingerprint density at radius 3 is 2.22 bits per heavy atom. The highest BCUT2D eigenvalue weighted by Crippen LogP contribution is 2.23. The van der Waals surface area contributed by atoms with Gasteiger partial charge in [-0.15, -0.1) is 0 Å². The summed E-state index contributed by atoms with van der Waals surface area (Å²) in [5.74, 6) is 0. The van der Waals surface area contributed by atoms with E-state index in [1.165, 1.54) is 16.3 Å². The van der Waals surface area contributed by atoms with E-state index in [4.69, 9.17) is 11.6 Å². The molecule has 1 fully saturated rings. The van der Waals surface area contributed by atoms with Crippen molar-refractivity contribution in [1.29, 1.82) is 0 Å². The zero-order chi connectivity index (χ0) is 18.9. The first kappa shape index (κ1) is 18.4. The second-order valence-electron chi connectivity index (χ2n) is 6.77. The molecule has 4 nitrogen and oxygen atoms in total. The highest BCUT2D eigenvalue weighted by Gasteiger charge is 2.28. The summed E-state index contributed by atoms with van der Waals surface area (Å²) in [4.78, 5) is 2.62. The van der Waals surface area contributed by atoms with Gasteiger partial charge >= 0.3 is 0 Å². The molecule has 0 amide bonds. The van der Waals surface area contributed by atoms with Crippen LogP contribution >= 0.6 is 11.6 Å². The lowest BCUT2D eigenvalue weighted by molar-refractivity contribution is 0.182. The Morgan fingerprint density at radius 1 is 0.815 bits per heavy atom. The molecule has 6 heteroatoms. The van der Waals surface area contributed by atoms with Gasteiger partial charge < -0.3 is 0 Å². The number of benzene rings is 3. The lowest BCUT2D eigenvalue weighted by atomic mass is 10.0. The summed E-state index contributed by atoms with van der Waals surface area (Å²) in [6.07, 6.45) is 0. The predicted molar refractivity (Wildman–Crippen MR) is 109 cm³/mol. The molecule has 0 radical (unpaired) electrons. The lowest BCUT2D eigenvalue weighted by Gasteiger charge is -2.34. The largest absolute Gasteiger partial charge is 0.296 e. The van der Waals surface area contributed by atoms with Crippen LogP contribution in [0.5, 0.6) is 0 Å². The highest BCUT2D eigenvalue weighted by atomic mass is 35.5. The van der Waals surface area contributed by atoms with Gasteiger partial charge in [-0.3, -0.25) is 4.90 Å². The number of hydrogen-bond acceptors (Lipinski definition) is 3. The van der Waals surface area contributed by atoms with Gasteiger partial charge in [-0.05, 0) is 40.6 Å². The SMILES string of the molecule is O=S(=O)(c1ccc(Cl)cc1)N1CCN(Cc2cccc3ccccc23)CC1. The molecule has 0 aliphatic carbocycles. The van der Waals surface area contributed by atoms with Crippen molar-refractivity contribution in [1.82, 2.24) is 9.21 Å². The number of halogens is 1. The van der Waals surface area contributed by atoms with Gasteiger partial charge in [-0.2, -0.15) is 4.31 Å². The van der Waals surface area contributed by atoms with Crippen molar-refractivity contribution in [2.24, 2.45) is 0 Å². The van der Waals surface area contributed by atoms with Crippen molar-refractivity contribution in [3.05, 3.63) is 77.3 Å². The molecule has 1 aliphatic rings. The van der Waals surface area contributed by atoms with Gasteiger partial charge in [-0.1, -0.05) is 54.1 Å². The molecule has 1 saturated heterocycles. The third-order valence-electron chi connectivity index (χ3n) is 5.06. The second-order valence-corrected chi connectivity index (χ2v) is 9.15. The Hall–Kier alpha value is -1.92. The fourth-order valence-electron chi connectivity index (χ4n) is 3.55. The number of piperazine rings is 1. The number of nitrogens with zero attached hydrogens (tertiary/aromatic N) is 2. The molecule has 0 spiro atoms. The maximum Gasteiger partial charge on any atom is 0.243 e. The minimum Gasteiger partial charge on any atom is -0.296 e. The van der Waals surface area contributed by atoms with Crippen molar-refractivity contribution in [3.8, 4) is 0 Å². The van der Waals surface area contributed by atoms with Crippen LogP contribution in [0.15, 0.2) is 71.6 Å². The molecule has 0 N–H and O–H groups in total. The zero-order valence-electron chi connectivity index (χ0n) is 14.9. The van der Waals surface area contributed by atoms with Crippen LogP contribution in [0.2, 0.25) is 5.02 Å². The van der Waals surface area contributed by atoms with Crippen LogP contribution in [0.25, 0.3) is 10.8 Å². The smallest absolute Gasteiger partial charge is 0.243 e. The summed E-state index contributed by atoms with van der Waals surface area (Å²) in [7, 11) is -3.46. The fourth-order valence-corrected chi connectivity index (χ4v) is 5.10. The van der Waals surface area contributed by atoms with Crippen molar-refractivity contribution < 1.29 is 8.42 Å². The third-order valence-corrected chi connectivity index (χ3v) is 7.22. The molecule has 0 saturated carbocycles. The lowest BCUT2D eigenvalue weighted by Crippen LogP contribution is -2.48. The van der Waals surface area contributed by atoms with Gasteiger partial charge in [0.15, 0.2) is 0 Å². The van der Waals surface area contributed by atoms with Crippen molar-refractivity contribution in [3.63, 3.8) is 0 Å². The summed E-state index contributed by atoms with van der Waals surface area (Å²) in [5.41, 5.74) is 1.28. The van der Waals surface area contributed by atoms with Gasteiger partial charge in [0.25, 0.3) is 0 Å². The predicted octanol–water partition coefficient (Wildman–Crippen LogP) is 4.00. The van der Waals surface area contributed by atoms with Gasteiger partial charge in [0.1, 0.15) is 0 Å². The van der Waals surface area contributed by atoms with Gasteiger partial charge in [0.2, 0.25) is 10.0 Å². The molecule has 1 heterocycles. The standard InChI is InChI=1S/C21H21ClN2O2S/c22-19-8-10-20(11-9-19)27(25,26)24-14-12-23(13-15-24)16-18-6-3-5-17-4-1-2-7-21(17)18/h1-11H,12-16H2. The molecule has 0 atom stereocenters. The van der Waals surface area contributed by atoms with E-state index in [-0.39, 0.29) is 0 Å². The first-order chi connectivity index (χ1) is 13.0. The van der Waals surface area contributed by atoms with Crippen LogP contribution in [-0.2, 0) is 16.6 Å². The molecule has 27 heavy (non-hydrogen) atoms. The topological polar surface area (TPSA) is 40.6 Å². The quantitative estimate of drug-likeness (QED) is 0.664. The van der Waals surface area contributed by atoms with Crippen LogP contribution in [0.3, 0.4) is 0 Å². The third kappa shape index (κ3) is 3.87. The second kappa shape index (κ2) is 7.60. The molecular weight excluding hydrogens is 380 g/mol. The number of hydrogen-bond donors (Lipinski definition) is 0. The van der Waals surface area contributed by atoms with E-state index in [9.17, 15) is 8.42 Å². The van der Waals surface area contributed by atoms with E-state index in [2.05, 4.69) is 41.3 Å². The van der Waals surface area contributed by atoms with E-state index < -0.39 is 10.0 Å². The Labute approximate surface area is 165 Å². The summed E-state index contributed by atoms with van der Waals surface area (Å²) in [6, 6.07) is 21.1. The Bertz CT molecular complexity index is 1040. The van der Waals surface area contributed by atoms with E-state index in [1.807, 2.05) is 6.07 Å². The van der Waals surface area contributed by atoms with E-state index in [0.717, 1.165) is 19.6 Å². The first-order valence-electron chi connectivity index (χ1n) is 8.99. The number of fused-ring (bicyclic) bond motifs is 1. The van der Waals surface area contributed by atoms with Gasteiger partial charge in [0, 0.05) is 37.7 Å². The Balaban J connectivity index is 1.45. The first-order valence-corrected chi connectivity index (χ1v) is 10.8. The van der Waals surface area contributed by atoms with Crippen molar-refractivity contribution >= 4 is 32.4 Å². The summed E-state index contributed by atoms with van der Waals surface area (Å²) in [6.45, 7) is 3.26. The Kier molecular flexibility index (Phi) is 5.19. The fraction of sp³-hybridized carbons (Fsp3) is 0.238. The van der Waals surface area contributed by atoms with Crippen LogP contribution in [0.1, 0.15) is 5.56 Å². The number of rotatable bonds is 4. The molecule has 0 aromatic heterocycles. The summed E-state index contributed by atoms with van der Waals surface area (Å²) >= 11 is 5.87. The molecule has 3 aromatic carbocycles. The molecule has 140 valence electrons. The molecule has 1 aliphatic heterocycles. The van der Waals surface area contributed by atoms with Crippen molar-refractivity contribution in [2.45, 2.75) is 11.4 Å². The molecule has 0 unspecified atom stereocenters.